The molecule has 3 heterocycles. The molecule has 0 unspecified atom stereocenters. The SMILES string of the molecule is COc1cccc(C(=O)NC2[C@H]3CC4C[C@H]2CN(C4)C3)c1. The van der Waals surface area contributed by atoms with E-state index in [0.29, 0.717) is 23.4 Å². The molecule has 1 aliphatic carbocycles. The van der Waals surface area contributed by atoms with Crippen molar-refractivity contribution in [2.75, 3.05) is 26.7 Å². The van der Waals surface area contributed by atoms with Gasteiger partial charge in [0, 0.05) is 31.2 Å². The molecule has 1 aromatic rings. The largest absolute Gasteiger partial charge is 0.497 e. The van der Waals surface area contributed by atoms with Crippen LogP contribution in [0.1, 0.15) is 23.2 Å². The molecule has 21 heavy (non-hydrogen) atoms. The van der Waals surface area contributed by atoms with E-state index in [1.54, 1.807) is 7.11 Å². The van der Waals surface area contributed by atoms with Crippen LogP contribution in [0.4, 0.5) is 0 Å². The number of nitrogens with zero attached hydrogens (tertiary/aromatic N) is 1. The Morgan fingerprint density at radius 1 is 1.24 bits per heavy atom. The van der Waals surface area contributed by atoms with Crippen LogP contribution in [0.25, 0.3) is 0 Å². The Kier molecular flexibility index (Phi) is 3.14. The van der Waals surface area contributed by atoms with Crippen LogP contribution in [0.2, 0.25) is 0 Å². The minimum Gasteiger partial charge on any atom is -0.497 e. The standard InChI is InChI=1S/C17H22N2O2/c1-21-15-4-2-3-12(7-15)17(20)18-16-13-5-11-6-14(16)10-19(8-11)9-13/h2-4,7,11,13-14,16H,5-6,8-10H2,1H3,(H,18,20)/t11?,13-,14-,16?/m0/s1. The van der Waals surface area contributed by atoms with Gasteiger partial charge in [-0.1, -0.05) is 6.07 Å². The fourth-order valence-corrected chi connectivity index (χ4v) is 4.64. The summed E-state index contributed by atoms with van der Waals surface area (Å²) < 4.78 is 5.20. The summed E-state index contributed by atoms with van der Waals surface area (Å²) in [6.45, 7) is 3.61. The number of ether oxygens (including phenoxy) is 1. The van der Waals surface area contributed by atoms with E-state index in [4.69, 9.17) is 4.74 Å². The quantitative estimate of drug-likeness (QED) is 0.920. The average Bonchev–Trinajstić information content (AvgIpc) is 2.50. The summed E-state index contributed by atoms with van der Waals surface area (Å²) in [5.74, 6) is 2.93. The lowest BCUT2D eigenvalue weighted by molar-refractivity contribution is -0.0418. The van der Waals surface area contributed by atoms with Crippen molar-refractivity contribution in [3.05, 3.63) is 29.8 Å². The van der Waals surface area contributed by atoms with Crippen molar-refractivity contribution in [3.63, 3.8) is 0 Å². The highest BCUT2D eigenvalue weighted by atomic mass is 16.5. The predicted molar refractivity (Wildman–Crippen MR) is 80.4 cm³/mol. The summed E-state index contributed by atoms with van der Waals surface area (Å²) in [5.41, 5.74) is 0.698. The Balaban J connectivity index is 1.49. The number of carbonyl (C=O) groups excluding carboxylic acids is 1. The number of nitrogens with one attached hydrogen (secondary N) is 1. The molecule has 0 spiro atoms. The normalized spacial score (nSPS) is 36.5. The van der Waals surface area contributed by atoms with Crippen LogP contribution < -0.4 is 10.1 Å². The van der Waals surface area contributed by atoms with Gasteiger partial charge in [-0.15, -0.1) is 0 Å². The van der Waals surface area contributed by atoms with E-state index >= 15 is 0 Å². The number of hydrogen-bond acceptors (Lipinski definition) is 3. The van der Waals surface area contributed by atoms with Crippen LogP contribution in [-0.4, -0.2) is 43.6 Å². The van der Waals surface area contributed by atoms with E-state index in [-0.39, 0.29) is 5.91 Å². The Labute approximate surface area is 125 Å². The van der Waals surface area contributed by atoms with Gasteiger partial charge in [-0.25, -0.2) is 0 Å². The number of piperidine rings is 3. The topological polar surface area (TPSA) is 41.6 Å². The third-order valence-electron chi connectivity index (χ3n) is 5.42. The van der Waals surface area contributed by atoms with Crippen molar-refractivity contribution in [3.8, 4) is 5.75 Å². The van der Waals surface area contributed by atoms with Crippen LogP contribution in [0.15, 0.2) is 24.3 Å². The lowest BCUT2D eigenvalue weighted by Gasteiger charge is -2.55. The van der Waals surface area contributed by atoms with Crippen molar-refractivity contribution >= 4 is 5.91 Å². The summed E-state index contributed by atoms with van der Waals surface area (Å²) in [4.78, 5) is 15.1. The van der Waals surface area contributed by atoms with Crippen molar-refractivity contribution in [2.45, 2.75) is 18.9 Å². The number of methoxy groups -OCH3 is 1. The summed E-state index contributed by atoms with van der Waals surface area (Å²) in [7, 11) is 1.63. The molecule has 1 N–H and O–H groups in total. The van der Waals surface area contributed by atoms with Gasteiger partial charge in [-0.2, -0.15) is 0 Å². The third kappa shape index (κ3) is 2.31. The number of hydrogen-bond donors (Lipinski definition) is 1. The Hall–Kier alpha value is -1.55. The van der Waals surface area contributed by atoms with Crippen LogP contribution in [-0.2, 0) is 0 Å². The first-order valence-corrected chi connectivity index (χ1v) is 7.90. The zero-order chi connectivity index (χ0) is 14.4. The molecule has 1 aromatic carbocycles. The monoisotopic (exact) mass is 286 g/mol. The first-order chi connectivity index (χ1) is 10.2. The van der Waals surface area contributed by atoms with Crippen LogP contribution in [0.5, 0.6) is 5.75 Å². The molecular weight excluding hydrogens is 264 g/mol. The second kappa shape index (κ2) is 5.02. The molecule has 3 saturated heterocycles. The van der Waals surface area contributed by atoms with Crippen molar-refractivity contribution in [1.82, 2.24) is 10.2 Å². The minimum atomic E-state index is 0.0429. The first-order valence-electron chi connectivity index (χ1n) is 7.90. The third-order valence-corrected chi connectivity index (χ3v) is 5.42. The summed E-state index contributed by atoms with van der Waals surface area (Å²) in [6.07, 6.45) is 2.58. The van der Waals surface area contributed by atoms with Gasteiger partial charge < -0.3 is 15.0 Å². The molecular formula is C17H22N2O2. The van der Waals surface area contributed by atoms with Crippen molar-refractivity contribution in [2.24, 2.45) is 17.8 Å². The van der Waals surface area contributed by atoms with E-state index in [1.165, 1.54) is 19.4 Å². The zero-order valence-corrected chi connectivity index (χ0v) is 12.4. The molecule has 3 aliphatic heterocycles. The second-order valence-corrected chi connectivity index (χ2v) is 6.81. The molecule has 4 fully saturated rings. The van der Waals surface area contributed by atoms with Crippen molar-refractivity contribution < 1.29 is 9.53 Å². The van der Waals surface area contributed by atoms with Gasteiger partial charge >= 0.3 is 0 Å². The van der Waals surface area contributed by atoms with Crippen LogP contribution in [0, 0.1) is 17.8 Å². The predicted octanol–water partition coefficient (Wildman–Crippen LogP) is 1.77. The second-order valence-electron chi connectivity index (χ2n) is 6.81. The van der Waals surface area contributed by atoms with E-state index in [1.807, 2.05) is 24.3 Å². The lowest BCUT2D eigenvalue weighted by Crippen LogP contribution is -2.64. The fraction of sp³-hybridized carbons (Fsp3) is 0.588. The molecule has 0 radical (unpaired) electrons. The highest BCUT2D eigenvalue weighted by Crippen LogP contribution is 2.43. The van der Waals surface area contributed by atoms with Gasteiger partial charge in [-0.3, -0.25) is 4.79 Å². The maximum Gasteiger partial charge on any atom is 0.251 e. The van der Waals surface area contributed by atoms with Crippen LogP contribution in [0.3, 0.4) is 0 Å². The molecule has 0 aromatic heterocycles. The molecule has 4 bridgehead atoms. The molecule has 4 heteroatoms. The average molecular weight is 286 g/mol. The van der Waals surface area contributed by atoms with E-state index in [2.05, 4.69) is 10.2 Å². The number of rotatable bonds is 3. The summed E-state index contributed by atoms with van der Waals surface area (Å²) in [6, 6.07) is 7.77. The maximum absolute atomic E-state index is 12.5. The molecule has 2 atom stereocenters. The number of amides is 1. The van der Waals surface area contributed by atoms with Gasteiger partial charge in [0.1, 0.15) is 5.75 Å². The summed E-state index contributed by atoms with van der Waals surface area (Å²) >= 11 is 0. The van der Waals surface area contributed by atoms with Crippen LogP contribution >= 0.6 is 0 Å². The first kappa shape index (κ1) is 13.1. The lowest BCUT2D eigenvalue weighted by atomic mass is 9.65. The fourth-order valence-electron chi connectivity index (χ4n) is 4.64. The molecule has 5 rings (SSSR count). The van der Waals surface area contributed by atoms with Gasteiger partial charge in [0.15, 0.2) is 0 Å². The van der Waals surface area contributed by atoms with Gasteiger partial charge in [-0.05, 0) is 48.8 Å². The van der Waals surface area contributed by atoms with Gasteiger partial charge in [0.2, 0.25) is 0 Å². The van der Waals surface area contributed by atoms with Gasteiger partial charge in [0.05, 0.1) is 7.11 Å². The van der Waals surface area contributed by atoms with E-state index < -0.39 is 0 Å². The number of carbonyl (C=O) groups is 1. The summed E-state index contributed by atoms with van der Waals surface area (Å²) in [5, 5.41) is 3.31. The Morgan fingerprint density at radius 3 is 2.67 bits per heavy atom. The molecule has 4 nitrogen and oxygen atoms in total. The van der Waals surface area contributed by atoms with Crippen molar-refractivity contribution in [1.29, 1.82) is 0 Å². The molecule has 1 saturated carbocycles. The molecule has 1 amide bonds. The molecule has 4 aliphatic rings. The highest BCUT2D eigenvalue weighted by molar-refractivity contribution is 5.94. The Morgan fingerprint density at radius 2 is 2.00 bits per heavy atom. The van der Waals surface area contributed by atoms with Gasteiger partial charge in [0.25, 0.3) is 5.91 Å². The smallest absolute Gasteiger partial charge is 0.251 e. The van der Waals surface area contributed by atoms with E-state index in [0.717, 1.165) is 24.8 Å². The minimum absolute atomic E-state index is 0.0429. The number of benzene rings is 1. The molecule has 112 valence electrons. The Bertz CT molecular complexity index is 529. The maximum atomic E-state index is 12.5. The van der Waals surface area contributed by atoms with E-state index in [9.17, 15) is 4.79 Å². The highest BCUT2D eigenvalue weighted by Gasteiger charge is 2.47. The zero-order valence-electron chi connectivity index (χ0n) is 12.4.